The van der Waals surface area contributed by atoms with Gasteiger partial charge in [0, 0.05) is 0 Å². The van der Waals surface area contributed by atoms with Gasteiger partial charge in [-0.15, -0.1) is 0 Å². The van der Waals surface area contributed by atoms with Crippen molar-refractivity contribution in [1.82, 2.24) is 0 Å². The van der Waals surface area contributed by atoms with Crippen molar-refractivity contribution in [2.75, 3.05) is 7.11 Å². The van der Waals surface area contributed by atoms with E-state index in [4.69, 9.17) is 9.84 Å². The second-order valence-electron chi connectivity index (χ2n) is 3.43. The molecule has 0 aliphatic heterocycles. The van der Waals surface area contributed by atoms with E-state index in [9.17, 15) is 4.79 Å². The minimum Gasteiger partial charge on any atom is -0.496 e. The fourth-order valence-electron chi connectivity index (χ4n) is 1.47. The van der Waals surface area contributed by atoms with Gasteiger partial charge in [0.2, 0.25) is 0 Å². The van der Waals surface area contributed by atoms with Crippen molar-refractivity contribution in [3.63, 3.8) is 0 Å². The van der Waals surface area contributed by atoms with Crippen LogP contribution in [0.15, 0.2) is 24.3 Å². The van der Waals surface area contributed by atoms with Crippen LogP contribution in [0.2, 0.25) is 0 Å². The van der Waals surface area contributed by atoms with Gasteiger partial charge in [-0.1, -0.05) is 25.1 Å². The summed E-state index contributed by atoms with van der Waals surface area (Å²) in [5.41, 5.74) is 2.12. The predicted octanol–water partition coefficient (Wildman–Crippen LogP) is 2.75. The standard InChI is InChI=1S/C13H16O3/c1-3-11-9-10(5-4-6-13(14)15)7-8-12(11)16-2/h4-5,7-9H,3,6H2,1-2H3,(H,14,15)/b5-4+. The Balaban J connectivity index is 2.82. The van der Waals surface area contributed by atoms with Crippen LogP contribution in [0.25, 0.3) is 6.08 Å². The van der Waals surface area contributed by atoms with Crippen LogP contribution in [-0.4, -0.2) is 18.2 Å². The SMILES string of the molecule is CCc1cc(/C=C/CC(=O)O)ccc1OC. The summed E-state index contributed by atoms with van der Waals surface area (Å²) in [7, 11) is 1.65. The van der Waals surface area contributed by atoms with Gasteiger partial charge in [0.1, 0.15) is 5.75 Å². The highest BCUT2D eigenvalue weighted by Crippen LogP contribution is 2.21. The Morgan fingerprint density at radius 3 is 2.81 bits per heavy atom. The van der Waals surface area contributed by atoms with Crippen molar-refractivity contribution in [3.05, 3.63) is 35.4 Å². The molecule has 1 aromatic carbocycles. The molecule has 0 aliphatic rings. The monoisotopic (exact) mass is 220 g/mol. The topological polar surface area (TPSA) is 46.5 Å². The first kappa shape index (κ1) is 12.3. The maximum absolute atomic E-state index is 10.3. The minimum atomic E-state index is -0.819. The lowest BCUT2D eigenvalue weighted by atomic mass is 10.1. The van der Waals surface area contributed by atoms with E-state index in [-0.39, 0.29) is 6.42 Å². The lowest BCUT2D eigenvalue weighted by molar-refractivity contribution is -0.135. The zero-order valence-corrected chi connectivity index (χ0v) is 9.56. The predicted molar refractivity (Wildman–Crippen MR) is 63.7 cm³/mol. The summed E-state index contributed by atoms with van der Waals surface area (Å²) < 4.78 is 5.22. The van der Waals surface area contributed by atoms with Crippen LogP contribution in [-0.2, 0) is 11.2 Å². The van der Waals surface area contributed by atoms with E-state index in [2.05, 4.69) is 6.92 Å². The molecule has 1 N–H and O–H groups in total. The number of carboxylic acids is 1. The Bertz CT molecular complexity index is 394. The van der Waals surface area contributed by atoms with Gasteiger partial charge in [0.25, 0.3) is 0 Å². The fourth-order valence-corrected chi connectivity index (χ4v) is 1.47. The number of methoxy groups -OCH3 is 1. The van der Waals surface area contributed by atoms with E-state index in [1.807, 2.05) is 24.3 Å². The number of hydrogen-bond donors (Lipinski definition) is 1. The number of carboxylic acid groups (broad SMARTS) is 1. The highest BCUT2D eigenvalue weighted by atomic mass is 16.5. The second kappa shape index (κ2) is 5.95. The van der Waals surface area contributed by atoms with Crippen molar-refractivity contribution >= 4 is 12.0 Å². The van der Waals surface area contributed by atoms with Gasteiger partial charge in [0.15, 0.2) is 0 Å². The number of rotatable bonds is 5. The van der Waals surface area contributed by atoms with Gasteiger partial charge in [0.05, 0.1) is 13.5 Å². The molecular formula is C13H16O3. The van der Waals surface area contributed by atoms with Crippen molar-refractivity contribution in [1.29, 1.82) is 0 Å². The third kappa shape index (κ3) is 3.42. The van der Waals surface area contributed by atoms with Gasteiger partial charge < -0.3 is 9.84 Å². The molecule has 0 bridgehead atoms. The first-order chi connectivity index (χ1) is 7.67. The molecule has 3 nitrogen and oxygen atoms in total. The van der Waals surface area contributed by atoms with Crippen LogP contribution in [0.1, 0.15) is 24.5 Å². The zero-order valence-electron chi connectivity index (χ0n) is 9.56. The molecule has 1 rings (SSSR count). The lowest BCUT2D eigenvalue weighted by Crippen LogP contribution is -1.91. The Morgan fingerprint density at radius 1 is 1.50 bits per heavy atom. The van der Waals surface area contributed by atoms with Crippen LogP contribution in [0.5, 0.6) is 5.75 Å². The molecule has 1 aromatic rings. The molecule has 0 radical (unpaired) electrons. The fraction of sp³-hybridized carbons (Fsp3) is 0.308. The average molecular weight is 220 g/mol. The van der Waals surface area contributed by atoms with Gasteiger partial charge >= 0.3 is 5.97 Å². The van der Waals surface area contributed by atoms with Crippen molar-refractivity contribution in [2.45, 2.75) is 19.8 Å². The van der Waals surface area contributed by atoms with Crippen molar-refractivity contribution < 1.29 is 14.6 Å². The van der Waals surface area contributed by atoms with Gasteiger partial charge in [-0.3, -0.25) is 4.79 Å². The molecule has 0 amide bonds. The number of ether oxygens (including phenoxy) is 1. The summed E-state index contributed by atoms with van der Waals surface area (Å²) >= 11 is 0. The van der Waals surface area contributed by atoms with E-state index in [0.717, 1.165) is 23.3 Å². The van der Waals surface area contributed by atoms with E-state index in [1.165, 1.54) is 0 Å². The first-order valence-corrected chi connectivity index (χ1v) is 5.22. The lowest BCUT2D eigenvalue weighted by Gasteiger charge is -2.06. The molecule has 0 saturated heterocycles. The van der Waals surface area contributed by atoms with Crippen molar-refractivity contribution in [2.24, 2.45) is 0 Å². The molecule has 0 atom stereocenters. The molecule has 0 fully saturated rings. The summed E-state index contributed by atoms with van der Waals surface area (Å²) in [6.45, 7) is 2.06. The molecular weight excluding hydrogens is 204 g/mol. The number of aryl methyl sites for hydroxylation is 1. The highest BCUT2D eigenvalue weighted by Gasteiger charge is 2.00. The molecule has 16 heavy (non-hydrogen) atoms. The molecule has 0 unspecified atom stereocenters. The molecule has 0 aliphatic carbocycles. The minimum absolute atomic E-state index is 0.0491. The summed E-state index contributed by atoms with van der Waals surface area (Å²) in [5.74, 6) is 0.0540. The van der Waals surface area contributed by atoms with E-state index in [0.29, 0.717) is 0 Å². The Morgan fingerprint density at radius 2 is 2.25 bits per heavy atom. The first-order valence-electron chi connectivity index (χ1n) is 5.22. The van der Waals surface area contributed by atoms with Crippen LogP contribution in [0.4, 0.5) is 0 Å². The number of aliphatic carboxylic acids is 1. The van der Waals surface area contributed by atoms with E-state index >= 15 is 0 Å². The Kier molecular flexibility index (Phi) is 4.58. The zero-order chi connectivity index (χ0) is 12.0. The highest BCUT2D eigenvalue weighted by molar-refractivity contribution is 5.70. The van der Waals surface area contributed by atoms with Crippen LogP contribution in [0, 0.1) is 0 Å². The van der Waals surface area contributed by atoms with Gasteiger partial charge in [-0.25, -0.2) is 0 Å². The molecule has 0 saturated carbocycles. The number of hydrogen-bond acceptors (Lipinski definition) is 2. The van der Waals surface area contributed by atoms with Crippen LogP contribution < -0.4 is 4.74 Å². The molecule has 0 spiro atoms. The summed E-state index contributed by atoms with van der Waals surface area (Å²) in [4.78, 5) is 10.3. The largest absolute Gasteiger partial charge is 0.496 e. The van der Waals surface area contributed by atoms with E-state index < -0.39 is 5.97 Å². The number of carbonyl (C=O) groups is 1. The average Bonchev–Trinajstić information content (AvgIpc) is 2.28. The van der Waals surface area contributed by atoms with Crippen LogP contribution >= 0.6 is 0 Å². The summed E-state index contributed by atoms with van der Waals surface area (Å²) in [5, 5.41) is 8.50. The number of benzene rings is 1. The van der Waals surface area contributed by atoms with E-state index in [1.54, 1.807) is 13.2 Å². The smallest absolute Gasteiger partial charge is 0.307 e. The molecule has 0 aromatic heterocycles. The maximum Gasteiger partial charge on any atom is 0.307 e. The third-order valence-electron chi connectivity index (χ3n) is 2.29. The second-order valence-corrected chi connectivity index (χ2v) is 3.43. The molecule has 3 heteroatoms. The normalized spacial score (nSPS) is 10.6. The molecule has 86 valence electrons. The Labute approximate surface area is 95.4 Å². The van der Waals surface area contributed by atoms with Crippen LogP contribution in [0.3, 0.4) is 0 Å². The Hall–Kier alpha value is -1.77. The summed E-state index contributed by atoms with van der Waals surface area (Å²) in [6, 6.07) is 5.83. The van der Waals surface area contributed by atoms with Gasteiger partial charge in [-0.2, -0.15) is 0 Å². The maximum atomic E-state index is 10.3. The van der Waals surface area contributed by atoms with Crippen molar-refractivity contribution in [3.8, 4) is 5.75 Å². The quantitative estimate of drug-likeness (QED) is 0.829. The summed E-state index contributed by atoms with van der Waals surface area (Å²) in [6.07, 6.45) is 4.40. The molecule has 0 heterocycles. The van der Waals surface area contributed by atoms with Gasteiger partial charge in [-0.05, 0) is 29.7 Å². The third-order valence-corrected chi connectivity index (χ3v) is 2.29.